The van der Waals surface area contributed by atoms with E-state index >= 15 is 0 Å². The van der Waals surface area contributed by atoms with Gasteiger partial charge in [0.25, 0.3) is 5.91 Å². The van der Waals surface area contributed by atoms with Gasteiger partial charge in [0.1, 0.15) is 17.6 Å². The van der Waals surface area contributed by atoms with Crippen LogP contribution in [-0.2, 0) is 21.5 Å². The van der Waals surface area contributed by atoms with Crippen molar-refractivity contribution in [2.75, 3.05) is 6.61 Å². The van der Waals surface area contributed by atoms with Crippen molar-refractivity contribution >= 4 is 27.7 Å². The molecule has 33 heavy (non-hydrogen) atoms. The molecule has 1 N–H and O–H groups in total. The highest BCUT2D eigenvalue weighted by atomic mass is 79.9. The van der Waals surface area contributed by atoms with Gasteiger partial charge >= 0.3 is 0 Å². The topological polar surface area (TPSA) is 58.6 Å². The number of carbonyl (C=O) groups excluding carboxylic acids is 2. The standard InChI is InChI=1S/C26H34BrFN2O3/c1-7-17(2)29-25(32)18(3)30(15-19-8-11-21(28)12-9-19)24(31)16-33-23-13-10-20(14-22(23)27)26(4,5)6/h8-14,17-18H,7,15-16H2,1-6H3,(H,29,32)/t17-,18-/m0/s1. The van der Waals surface area contributed by atoms with Gasteiger partial charge in [-0.1, -0.05) is 45.9 Å². The van der Waals surface area contributed by atoms with Gasteiger partial charge in [0.15, 0.2) is 6.61 Å². The third-order valence-electron chi connectivity index (χ3n) is 5.58. The molecule has 0 aliphatic carbocycles. The second-order valence-electron chi connectivity index (χ2n) is 9.33. The van der Waals surface area contributed by atoms with Gasteiger partial charge in [-0.25, -0.2) is 4.39 Å². The lowest BCUT2D eigenvalue weighted by atomic mass is 9.87. The summed E-state index contributed by atoms with van der Waals surface area (Å²) in [7, 11) is 0. The maximum absolute atomic E-state index is 13.3. The van der Waals surface area contributed by atoms with Crippen LogP contribution in [0, 0.1) is 5.82 Å². The fraction of sp³-hybridized carbons (Fsp3) is 0.462. The van der Waals surface area contributed by atoms with E-state index in [4.69, 9.17) is 4.74 Å². The molecule has 2 amide bonds. The number of rotatable bonds is 9. The molecule has 0 aromatic heterocycles. The highest BCUT2D eigenvalue weighted by Gasteiger charge is 2.27. The highest BCUT2D eigenvalue weighted by Crippen LogP contribution is 2.31. The Hall–Kier alpha value is -2.41. The molecule has 0 fully saturated rings. The van der Waals surface area contributed by atoms with E-state index in [0.29, 0.717) is 5.75 Å². The summed E-state index contributed by atoms with van der Waals surface area (Å²) in [6, 6.07) is 11.0. The Labute approximate surface area is 204 Å². The van der Waals surface area contributed by atoms with Crippen LogP contribution in [0.15, 0.2) is 46.9 Å². The first-order chi connectivity index (χ1) is 15.4. The van der Waals surface area contributed by atoms with Crippen LogP contribution in [0.5, 0.6) is 5.75 Å². The molecule has 2 aromatic rings. The first-order valence-corrected chi connectivity index (χ1v) is 12.0. The van der Waals surface area contributed by atoms with E-state index in [2.05, 4.69) is 42.0 Å². The van der Waals surface area contributed by atoms with E-state index in [1.807, 2.05) is 32.0 Å². The predicted molar refractivity (Wildman–Crippen MR) is 133 cm³/mol. The molecule has 7 heteroatoms. The Morgan fingerprint density at radius 1 is 1.12 bits per heavy atom. The summed E-state index contributed by atoms with van der Waals surface area (Å²) in [4.78, 5) is 27.4. The smallest absolute Gasteiger partial charge is 0.261 e. The zero-order valence-electron chi connectivity index (χ0n) is 20.2. The molecule has 0 radical (unpaired) electrons. The molecule has 0 heterocycles. The lowest BCUT2D eigenvalue weighted by Crippen LogP contribution is -2.50. The van der Waals surface area contributed by atoms with Crippen molar-refractivity contribution in [2.24, 2.45) is 0 Å². The molecule has 0 spiro atoms. The number of benzene rings is 2. The van der Waals surface area contributed by atoms with E-state index < -0.39 is 6.04 Å². The lowest BCUT2D eigenvalue weighted by molar-refractivity contribution is -0.142. The van der Waals surface area contributed by atoms with E-state index in [1.165, 1.54) is 17.0 Å². The predicted octanol–water partition coefficient (Wildman–Crippen LogP) is 5.60. The zero-order chi connectivity index (χ0) is 24.8. The minimum absolute atomic E-state index is 0.00346. The molecular formula is C26H34BrFN2O3. The Bertz CT molecular complexity index is 957. The molecule has 5 nitrogen and oxygen atoms in total. The van der Waals surface area contributed by atoms with Crippen molar-refractivity contribution in [1.82, 2.24) is 10.2 Å². The van der Waals surface area contributed by atoms with E-state index in [0.717, 1.165) is 22.0 Å². The number of nitrogens with zero attached hydrogens (tertiary/aromatic N) is 1. The summed E-state index contributed by atoms with van der Waals surface area (Å²) < 4.78 is 19.9. The van der Waals surface area contributed by atoms with Gasteiger partial charge in [-0.3, -0.25) is 9.59 Å². The van der Waals surface area contributed by atoms with Gasteiger partial charge in [-0.2, -0.15) is 0 Å². The van der Waals surface area contributed by atoms with Crippen molar-refractivity contribution in [2.45, 2.75) is 72.0 Å². The van der Waals surface area contributed by atoms with Gasteiger partial charge in [-0.05, 0) is 77.0 Å². The molecule has 0 saturated heterocycles. The third-order valence-corrected chi connectivity index (χ3v) is 6.20. The van der Waals surface area contributed by atoms with Crippen LogP contribution >= 0.6 is 15.9 Å². The quantitative estimate of drug-likeness (QED) is 0.468. The van der Waals surface area contributed by atoms with Crippen molar-refractivity contribution in [3.05, 3.63) is 63.9 Å². The number of amides is 2. The SMILES string of the molecule is CC[C@H](C)NC(=O)[C@H](C)N(Cc1ccc(F)cc1)C(=O)COc1ccc(C(C)(C)C)cc1Br. The summed E-state index contributed by atoms with van der Waals surface area (Å²) >= 11 is 3.52. The Kier molecular flexibility index (Phi) is 9.46. The average molecular weight is 521 g/mol. The largest absolute Gasteiger partial charge is 0.483 e. The molecular weight excluding hydrogens is 487 g/mol. The molecule has 2 atom stereocenters. The van der Waals surface area contributed by atoms with Crippen LogP contribution in [0.2, 0.25) is 0 Å². The monoisotopic (exact) mass is 520 g/mol. The minimum atomic E-state index is -0.716. The van der Waals surface area contributed by atoms with Crippen LogP contribution in [0.25, 0.3) is 0 Å². The fourth-order valence-corrected chi connectivity index (χ4v) is 3.63. The summed E-state index contributed by atoms with van der Waals surface area (Å²) in [6.45, 7) is 11.9. The second kappa shape index (κ2) is 11.6. The maximum Gasteiger partial charge on any atom is 0.261 e. The number of hydrogen-bond donors (Lipinski definition) is 1. The molecule has 180 valence electrons. The molecule has 0 aliphatic heterocycles. The molecule has 2 rings (SSSR count). The normalized spacial score (nSPS) is 13.2. The molecule has 0 unspecified atom stereocenters. The number of nitrogens with one attached hydrogen (secondary N) is 1. The molecule has 0 aliphatic rings. The van der Waals surface area contributed by atoms with Crippen LogP contribution in [0.1, 0.15) is 59.1 Å². The minimum Gasteiger partial charge on any atom is -0.483 e. The van der Waals surface area contributed by atoms with E-state index in [1.54, 1.807) is 19.1 Å². The summed E-state index contributed by atoms with van der Waals surface area (Å²) in [5, 5.41) is 2.92. The van der Waals surface area contributed by atoms with Crippen LogP contribution in [0.4, 0.5) is 4.39 Å². The number of halogens is 2. The highest BCUT2D eigenvalue weighted by molar-refractivity contribution is 9.10. The van der Waals surface area contributed by atoms with Crippen molar-refractivity contribution < 1.29 is 18.7 Å². The molecule has 2 aromatic carbocycles. The van der Waals surface area contributed by atoms with Crippen LogP contribution in [0.3, 0.4) is 0 Å². The second-order valence-corrected chi connectivity index (χ2v) is 10.2. The summed E-state index contributed by atoms with van der Waals surface area (Å²) in [6.07, 6.45) is 0.784. The van der Waals surface area contributed by atoms with Gasteiger partial charge in [0, 0.05) is 12.6 Å². The Morgan fingerprint density at radius 2 is 1.76 bits per heavy atom. The third kappa shape index (κ3) is 7.84. The van der Waals surface area contributed by atoms with E-state index in [-0.39, 0.29) is 42.2 Å². The molecule has 0 bridgehead atoms. The maximum atomic E-state index is 13.3. The zero-order valence-corrected chi connectivity index (χ0v) is 21.8. The van der Waals surface area contributed by atoms with Crippen LogP contribution < -0.4 is 10.1 Å². The summed E-state index contributed by atoms with van der Waals surface area (Å²) in [5.74, 6) is -0.380. The molecule has 0 saturated carbocycles. The number of carbonyl (C=O) groups is 2. The van der Waals surface area contributed by atoms with Crippen molar-refractivity contribution in [3.63, 3.8) is 0 Å². The van der Waals surface area contributed by atoms with Crippen molar-refractivity contribution in [3.8, 4) is 5.75 Å². The Balaban J connectivity index is 2.18. The fourth-order valence-electron chi connectivity index (χ4n) is 3.14. The first kappa shape index (κ1) is 26.8. The van der Waals surface area contributed by atoms with Crippen LogP contribution in [-0.4, -0.2) is 35.4 Å². The average Bonchev–Trinajstić information content (AvgIpc) is 2.76. The van der Waals surface area contributed by atoms with Gasteiger partial charge < -0.3 is 15.0 Å². The van der Waals surface area contributed by atoms with E-state index in [9.17, 15) is 14.0 Å². The van der Waals surface area contributed by atoms with Gasteiger partial charge in [-0.15, -0.1) is 0 Å². The van der Waals surface area contributed by atoms with Gasteiger partial charge in [0.05, 0.1) is 4.47 Å². The summed E-state index contributed by atoms with van der Waals surface area (Å²) in [5.41, 5.74) is 1.85. The Morgan fingerprint density at radius 3 is 2.30 bits per heavy atom. The van der Waals surface area contributed by atoms with Crippen molar-refractivity contribution in [1.29, 1.82) is 0 Å². The lowest BCUT2D eigenvalue weighted by Gasteiger charge is -2.29. The number of hydrogen-bond acceptors (Lipinski definition) is 3. The first-order valence-electron chi connectivity index (χ1n) is 11.2. The number of ether oxygens (including phenoxy) is 1. The van der Waals surface area contributed by atoms with Gasteiger partial charge in [0.2, 0.25) is 5.91 Å².